The molecule has 0 aliphatic carbocycles. The molecule has 0 spiro atoms. The minimum Gasteiger partial charge on any atom is -0.364 e. The van der Waals surface area contributed by atoms with E-state index in [-0.39, 0.29) is 27.4 Å². The van der Waals surface area contributed by atoms with Gasteiger partial charge < -0.3 is 4.74 Å². The number of imide groups is 1. The number of nitrogens with zero attached hydrogens (tertiary/aromatic N) is 1. The first-order valence-electron chi connectivity index (χ1n) is 6.86. The Morgan fingerprint density at radius 1 is 1.00 bits per heavy atom. The number of halogens is 4. The lowest BCUT2D eigenvalue weighted by molar-refractivity contribution is 0.0963. The van der Waals surface area contributed by atoms with Crippen LogP contribution in [0.5, 0.6) is 0 Å². The first-order chi connectivity index (χ1) is 11.8. The minimum absolute atomic E-state index is 0.00527. The zero-order valence-corrected chi connectivity index (χ0v) is 15.9. The average molecular weight is 422 g/mol. The first-order valence-corrected chi connectivity index (χ1v) is 8.37. The topological polar surface area (TPSA) is 58.6 Å². The Kier molecular flexibility index (Phi) is 6.93. The van der Waals surface area contributed by atoms with Crippen molar-refractivity contribution in [2.24, 2.45) is 0 Å². The molecule has 132 valence electrons. The molecule has 3 amide bonds. The number of urea groups is 1. The van der Waals surface area contributed by atoms with E-state index in [0.717, 1.165) is 0 Å². The highest BCUT2D eigenvalue weighted by molar-refractivity contribution is 6.42. The highest BCUT2D eigenvalue weighted by Crippen LogP contribution is 2.28. The molecule has 2 rings (SSSR count). The smallest absolute Gasteiger partial charge is 0.330 e. The molecule has 9 heteroatoms. The van der Waals surface area contributed by atoms with Gasteiger partial charge >= 0.3 is 6.03 Å². The van der Waals surface area contributed by atoms with Crippen molar-refractivity contribution in [3.63, 3.8) is 0 Å². The average Bonchev–Trinajstić information content (AvgIpc) is 2.55. The van der Waals surface area contributed by atoms with E-state index in [9.17, 15) is 9.59 Å². The van der Waals surface area contributed by atoms with Gasteiger partial charge in [0.25, 0.3) is 5.91 Å². The number of methoxy groups -OCH3 is 1. The maximum absolute atomic E-state index is 12.5. The molecule has 0 atom stereocenters. The number of ether oxygens (including phenoxy) is 1. The van der Waals surface area contributed by atoms with Gasteiger partial charge in [-0.15, -0.1) is 0 Å². The van der Waals surface area contributed by atoms with Crippen LogP contribution >= 0.6 is 46.4 Å². The van der Waals surface area contributed by atoms with Crippen LogP contribution in [-0.4, -0.2) is 25.8 Å². The van der Waals surface area contributed by atoms with Crippen molar-refractivity contribution in [3.8, 4) is 0 Å². The zero-order chi connectivity index (χ0) is 18.6. The lowest BCUT2D eigenvalue weighted by Crippen LogP contribution is -2.44. The molecule has 1 N–H and O–H groups in total. The Hall–Kier alpha value is -1.50. The molecule has 2 aromatic carbocycles. The maximum atomic E-state index is 12.5. The van der Waals surface area contributed by atoms with E-state index in [1.807, 2.05) is 0 Å². The summed E-state index contributed by atoms with van der Waals surface area (Å²) in [5.74, 6) is -0.734. The molecule has 0 bridgehead atoms. The van der Waals surface area contributed by atoms with Crippen LogP contribution in [0.4, 0.5) is 10.5 Å². The number of hydrogen-bond acceptors (Lipinski definition) is 3. The third-order valence-electron chi connectivity index (χ3n) is 3.13. The van der Waals surface area contributed by atoms with Crippen LogP contribution in [0.15, 0.2) is 36.4 Å². The number of nitrogens with one attached hydrogen (secondary N) is 1. The molecule has 0 aliphatic heterocycles. The summed E-state index contributed by atoms with van der Waals surface area (Å²) in [6.07, 6.45) is 0. The van der Waals surface area contributed by atoms with Gasteiger partial charge in [-0.05, 0) is 30.3 Å². The van der Waals surface area contributed by atoms with Crippen molar-refractivity contribution in [2.45, 2.75) is 0 Å². The number of rotatable bonds is 4. The molecule has 5 nitrogen and oxygen atoms in total. The Morgan fingerprint density at radius 2 is 1.64 bits per heavy atom. The molecule has 0 aliphatic rings. The molecule has 0 radical (unpaired) electrons. The van der Waals surface area contributed by atoms with Gasteiger partial charge in [0.2, 0.25) is 0 Å². The summed E-state index contributed by atoms with van der Waals surface area (Å²) in [5, 5.41) is 3.07. The fourth-order valence-electron chi connectivity index (χ4n) is 1.97. The molecular formula is C16H12Cl4N2O3. The number of hydrogen-bond donors (Lipinski definition) is 1. The second kappa shape index (κ2) is 8.74. The van der Waals surface area contributed by atoms with E-state index in [4.69, 9.17) is 51.1 Å². The van der Waals surface area contributed by atoms with E-state index in [1.165, 1.54) is 36.3 Å². The highest BCUT2D eigenvalue weighted by Gasteiger charge is 2.22. The van der Waals surface area contributed by atoms with E-state index < -0.39 is 11.9 Å². The van der Waals surface area contributed by atoms with Crippen LogP contribution in [-0.2, 0) is 4.74 Å². The number of carbonyl (C=O) groups excluding carboxylic acids is 2. The summed E-state index contributed by atoms with van der Waals surface area (Å²) >= 11 is 23.8. The monoisotopic (exact) mass is 420 g/mol. The third-order valence-corrected chi connectivity index (χ3v) is 4.50. The molecular weight excluding hydrogens is 410 g/mol. The van der Waals surface area contributed by atoms with Crippen LogP contribution in [0.25, 0.3) is 0 Å². The Morgan fingerprint density at radius 3 is 2.20 bits per heavy atom. The van der Waals surface area contributed by atoms with Gasteiger partial charge in [-0.25, -0.2) is 4.79 Å². The van der Waals surface area contributed by atoms with Crippen molar-refractivity contribution in [1.29, 1.82) is 0 Å². The highest BCUT2D eigenvalue weighted by atomic mass is 35.5. The van der Waals surface area contributed by atoms with Crippen LogP contribution < -0.4 is 10.2 Å². The second-order valence-electron chi connectivity index (χ2n) is 4.80. The molecule has 0 heterocycles. The predicted octanol–water partition coefficient (Wildman–Crippen LogP) is 5.26. The minimum atomic E-state index is -0.735. The number of amides is 3. The molecule has 0 aromatic heterocycles. The van der Waals surface area contributed by atoms with Gasteiger partial charge in [-0.3, -0.25) is 15.0 Å². The summed E-state index contributed by atoms with van der Waals surface area (Å²) in [6.45, 7) is -0.118. The normalized spacial score (nSPS) is 10.4. The van der Waals surface area contributed by atoms with E-state index in [0.29, 0.717) is 10.7 Å². The summed E-state index contributed by atoms with van der Waals surface area (Å²) < 4.78 is 5.01. The van der Waals surface area contributed by atoms with Crippen LogP contribution in [0.1, 0.15) is 10.4 Å². The molecule has 2 aromatic rings. The lowest BCUT2D eigenvalue weighted by Gasteiger charge is -2.22. The Labute approximate surface area is 164 Å². The Balaban J connectivity index is 2.26. The summed E-state index contributed by atoms with van der Waals surface area (Å²) in [4.78, 5) is 26.0. The van der Waals surface area contributed by atoms with Crippen LogP contribution in [0.2, 0.25) is 20.1 Å². The molecule has 25 heavy (non-hydrogen) atoms. The van der Waals surface area contributed by atoms with E-state index >= 15 is 0 Å². The van der Waals surface area contributed by atoms with Gasteiger partial charge in [-0.1, -0.05) is 52.5 Å². The van der Waals surface area contributed by atoms with Crippen molar-refractivity contribution in [3.05, 3.63) is 62.1 Å². The number of carbonyl (C=O) groups is 2. The lowest BCUT2D eigenvalue weighted by atomic mass is 10.2. The van der Waals surface area contributed by atoms with Crippen LogP contribution in [0.3, 0.4) is 0 Å². The first kappa shape index (κ1) is 19.8. The SMILES string of the molecule is COCN(C(=O)NC(=O)c1c(Cl)cccc1Cl)c1ccc(Cl)c(Cl)c1. The summed E-state index contributed by atoms with van der Waals surface area (Å²) in [7, 11) is 1.41. The zero-order valence-electron chi connectivity index (χ0n) is 12.9. The second-order valence-corrected chi connectivity index (χ2v) is 6.43. The quantitative estimate of drug-likeness (QED) is 0.684. The van der Waals surface area contributed by atoms with Gasteiger partial charge in [0.15, 0.2) is 0 Å². The largest absolute Gasteiger partial charge is 0.364 e. The standard InChI is InChI=1S/C16H12Cl4N2O3/c1-25-8-22(9-5-6-10(17)13(20)7-9)16(24)21-15(23)14-11(18)3-2-4-12(14)19/h2-7H,8H2,1H3,(H,21,23,24). The fourth-order valence-corrected chi connectivity index (χ4v) is 2.84. The maximum Gasteiger partial charge on any atom is 0.330 e. The van der Waals surface area contributed by atoms with Crippen molar-refractivity contribution < 1.29 is 14.3 Å². The van der Waals surface area contributed by atoms with Gasteiger partial charge in [0, 0.05) is 12.8 Å². The molecule has 0 unspecified atom stereocenters. The van der Waals surface area contributed by atoms with E-state index in [1.54, 1.807) is 12.1 Å². The molecule has 0 fully saturated rings. The van der Waals surface area contributed by atoms with Gasteiger partial charge in [-0.2, -0.15) is 0 Å². The summed E-state index contributed by atoms with van der Waals surface area (Å²) in [5.41, 5.74) is 0.400. The third kappa shape index (κ3) is 4.77. The predicted molar refractivity (Wildman–Crippen MR) is 100 cm³/mol. The fraction of sp³-hybridized carbons (Fsp3) is 0.125. The molecule has 0 saturated carbocycles. The van der Waals surface area contributed by atoms with Crippen molar-refractivity contribution >= 4 is 64.0 Å². The summed E-state index contributed by atoms with van der Waals surface area (Å²) in [6, 6.07) is 8.44. The molecule has 0 saturated heterocycles. The van der Waals surface area contributed by atoms with E-state index in [2.05, 4.69) is 5.32 Å². The number of anilines is 1. The van der Waals surface area contributed by atoms with Gasteiger partial charge in [0.1, 0.15) is 6.73 Å². The van der Waals surface area contributed by atoms with Crippen molar-refractivity contribution in [1.82, 2.24) is 5.32 Å². The van der Waals surface area contributed by atoms with Crippen molar-refractivity contribution in [2.75, 3.05) is 18.7 Å². The Bertz CT molecular complexity index is 794. The van der Waals surface area contributed by atoms with Gasteiger partial charge in [0.05, 0.1) is 25.7 Å². The number of benzene rings is 2. The van der Waals surface area contributed by atoms with Crippen LogP contribution in [0, 0.1) is 0 Å².